The predicted octanol–water partition coefficient (Wildman–Crippen LogP) is 3.10. The van der Waals surface area contributed by atoms with Gasteiger partial charge in [0, 0.05) is 12.6 Å². The van der Waals surface area contributed by atoms with Crippen molar-refractivity contribution in [3.05, 3.63) is 0 Å². The van der Waals surface area contributed by atoms with Gasteiger partial charge in [0.05, 0.1) is 6.10 Å². The van der Waals surface area contributed by atoms with Crippen LogP contribution in [0.2, 0.25) is 0 Å². The number of hydrogen-bond acceptors (Lipinski definition) is 2. The van der Waals surface area contributed by atoms with Gasteiger partial charge in [-0.05, 0) is 38.0 Å². The molecule has 0 aromatic heterocycles. The first-order valence-electron chi connectivity index (χ1n) is 6.65. The maximum atomic E-state index is 6.18. The molecule has 1 rings (SSSR count). The molecule has 90 valence electrons. The molecule has 0 aliphatic carbocycles. The Morgan fingerprint density at radius 3 is 2.60 bits per heavy atom. The molecule has 1 heterocycles. The van der Waals surface area contributed by atoms with Crippen LogP contribution >= 0.6 is 0 Å². The molecule has 2 nitrogen and oxygen atoms in total. The monoisotopic (exact) mass is 213 g/mol. The number of hydrogen-bond donors (Lipinski definition) is 1. The quantitative estimate of drug-likeness (QED) is 0.705. The molecule has 2 heteroatoms. The fourth-order valence-electron chi connectivity index (χ4n) is 2.58. The lowest BCUT2D eigenvalue weighted by Gasteiger charge is -2.21. The predicted molar refractivity (Wildman–Crippen MR) is 64.9 cm³/mol. The molecule has 0 radical (unpaired) electrons. The second kappa shape index (κ2) is 7.24. The topological polar surface area (TPSA) is 35.2 Å². The highest BCUT2D eigenvalue weighted by atomic mass is 16.5. The summed E-state index contributed by atoms with van der Waals surface area (Å²) in [6, 6.07) is 0.404. The lowest BCUT2D eigenvalue weighted by molar-refractivity contribution is 0.101. The highest BCUT2D eigenvalue weighted by Crippen LogP contribution is 2.20. The van der Waals surface area contributed by atoms with Crippen LogP contribution in [-0.2, 0) is 4.74 Å². The minimum atomic E-state index is 0.404. The molecule has 1 aliphatic heterocycles. The van der Waals surface area contributed by atoms with Gasteiger partial charge in [-0.2, -0.15) is 0 Å². The minimum absolute atomic E-state index is 0.404. The van der Waals surface area contributed by atoms with Gasteiger partial charge < -0.3 is 10.5 Å². The van der Waals surface area contributed by atoms with Gasteiger partial charge in [-0.25, -0.2) is 0 Å². The van der Waals surface area contributed by atoms with E-state index in [1.54, 1.807) is 0 Å². The average molecular weight is 213 g/mol. The summed E-state index contributed by atoms with van der Waals surface area (Å²) in [5.74, 6) is 0.717. The number of nitrogens with two attached hydrogens (primary N) is 1. The van der Waals surface area contributed by atoms with Crippen molar-refractivity contribution in [1.82, 2.24) is 0 Å². The lowest BCUT2D eigenvalue weighted by atomic mass is 9.91. The third-order valence-corrected chi connectivity index (χ3v) is 3.74. The zero-order valence-corrected chi connectivity index (χ0v) is 10.4. The maximum absolute atomic E-state index is 6.18. The van der Waals surface area contributed by atoms with Gasteiger partial charge >= 0.3 is 0 Å². The molecule has 1 aliphatic rings. The van der Waals surface area contributed by atoms with Crippen LogP contribution in [0.5, 0.6) is 0 Å². The SMILES string of the molecule is CCC(CC)C(N)CCCC1CCCO1. The summed E-state index contributed by atoms with van der Waals surface area (Å²) in [6.45, 7) is 5.46. The second-order valence-corrected chi connectivity index (χ2v) is 4.81. The van der Waals surface area contributed by atoms with E-state index in [4.69, 9.17) is 10.5 Å². The second-order valence-electron chi connectivity index (χ2n) is 4.81. The minimum Gasteiger partial charge on any atom is -0.378 e. The fourth-order valence-corrected chi connectivity index (χ4v) is 2.58. The highest BCUT2D eigenvalue weighted by Gasteiger charge is 2.17. The van der Waals surface area contributed by atoms with Crippen molar-refractivity contribution in [3.63, 3.8) is 0 Å². The number of rotatable bonds is 7. The Morgan fingerprint density at radius 1 is 1.33 bits per heavy atom. The maximum Gasteiger partial charge on any atom is 0.0576 e. The van der Waals surface area contributed by atoms with E-state index < -0.39 is 0 Å². The first-order chi connectivity index (χ1) is 7.27. The first-order valence-corrected chi connectivity index (χ1v) is 6.65. The van der Waals surface area contributed by atoms with Gasteiger partial charge in [-0.3, -0.25) is 0 Å². The summed E-state index contributed by atoms with van der Waals surface area (Å²) < 4.78 is 5.61. The standard InChI is InChI=1S/C13H27NO/c1-3-11(4-2)13(14)9-5-7-12-8-6-10-15-12/h11-13H,3-10,14H2,1-2H3. The van der Waals surface area contributed by atoms with Crippen molar-refractivity contribution in [1.29, 1.82) is 0 Å². The third-order valence-electron chi connectivity index (χ3n) is 3.74. The molecule has 2 N–H and O–H groups in total. The molecule has 0 aromatic carbocycles. The summed E-state index contributed by atoms with van der Waals surface area (Å²) in [6.07, 6.45) is 9.13. The summed E-state index contributed by atoms with van der Waals surface area (Å²) in [5.41, 5.74) is 6.18. The van der Waals surface area contributed by atoms with Crippen LogP contribution < -0.4 is 5.73 Å². The molecule has 2 unspecified atom stereocenters. The molecule has 0 bridgehead atoms. The van der Waals surface area contributed by atoms with E-state index in [-0.39, 0.29) is 0 Å². The van der Waals surface area contributed by atoms with Crippen LogP contribution in [0.1, 0.15) is 58.8 Å². The molecule has 2 atom stereocenters. The van der Waals surface area contributed by atoms with Gasteiger partial charge in [-0.1, -0.05) is 26.7 Å². The van der Waals surface area contributed by atoms with Crippen molar-refractivity contribution < 1.29 is 4.74 Å². The van der Waals surface area contributed by atoms with Crippen molar-refractivity contribution >= 4 is 0 Å². The molecular formula is C13H27NO. The van der Waals surface area contributed by atoms with Crippen LogP contribution in [0, 0.1) is 5.92 Å². The summed E-state index contributed by atoms with van der Waals surface area (Å²) in [4.78, 5) is 0. The molecule has 0 aromatic rings. The Labute approximate surface area is 94.6 Å². The van der Waals surface area contributed by atoms with E-state index in [0.717, 1.165) is 12.5 Å². The Kier molecular flexibility index (Phi) is 6.26. The van der Waals surface area contributed by atoms with Gasteiger partial charge in [0.2, 0.25) is 0 Å². The Balaban J connectivity index is 2.07. The highest BCUT2D eigenvalue weighted by molar-refractivity contribution is 4.72. The van der Waals surface area contributed by atoms with Crippen LogP contribution in [0.3, 0.4) is 0 Å². The summed E-state index contributed by atoms with van der Waals surface area (Å²) >= 11 is 0. The average Bonchev–Trinajstić information content (AvgIpc) is 2.72. The molecular weight excluding hydrogens is 186 g/mol. The van der Waals surface area contributed by atoms with Crippen molar-refractivity contribution in [2.24, 2.45) is 11.7 Å². The van der Waals surface area contributed by atoms with E-state index >= 15 is 0 Å². The van der Waals surface area contributed by atoms with Crippen molar-refractivity contribution in [2.45, 2.75) is 70.9 Å². The van der Waals surface area contributed by atoms with E-state index in [1.807, 2.05) is 0 Å². The van der Waals surface area contributed by atoms with Crippen molar-refractivity contribution in [2.75, 3.05) is 6.61 Å². The molecule has 1 saturated heterocycles. The summed E-state index contributed by atoms with van der Waals surface area (Å²) in [5, 5.41) is 0. The third kappa shape index (κ3) is 4.52. The largest absolute Gasteiger partial charge is 0.378 e. The molecule has 0 saturated carbocycles. The summed E-state index contributed by atoms with van der Waals surface area (Å²) in [7, 11) is 0. The van der Waals surface area contributed by atoms with Crippen molar-refractivity contribution in [3.8, 4) is 0 Å². The Morgan fingerprint density at radius 2 is 2.07 bits per heavy atom. The van der Waals surface area contributed by atoms with Gasteiger partial charge in [0.15, 0.2) is 0 Å². The van der Waals surface area contributed by atoms with Gasteiger partial charge in [0.1, 0.15) is 0 Å². The van der Waals surface area contributed by atoms with Crippen LogP contribution in [0.25, 0.3) is 0 Å². The normalized spacial score (nSPS) is 23.6. The first kappa shape index (κ1) is 13.0. The smallest absolute Gasteiger partial charge is 0.0576 e. The Bertz CT molecular complexity index is 151. The van der Waals surface area contributed by atoms with E-state index in [1.165, 1.54) is 44.9 Å². The Hall–Kier alpha value is -0.0800. The molecule has 0 spiro atoms. The lowest BCUT2D eigenvalue weighted by Crippen LogP contribution is -2.29. The molecule has 0 amide bonds. The fraction of sp³-hybridized carbons (Fsp3) is 1.00. The van der Waals surface area contributed by atoms with E-state index in [9.17, 15) is 0 Å². The zero-order chi connectivity index (χ0) is 11.1. The number of ether oxygens (including phenoxy) is 1. The van der Waals surface area contributed by atoms with Crippen LogP contribution in [-0.4, -0.2) is 18.8 Å². The zero-order valence-electron chi connectivity index (χ0n) is 10.4. The molecule has 15 heavy (non-hydrogen) atoms. The van der Waals surface area contributed by atoms with Crippen LogP contribution in [0.4, 0.5) is 0 Å². The van der Waals surface area contributed by atoms with Gasteiger partial charge in [0.25, 0.3) is 0 Å². The van der Waals surface area contributed by atoms with Crippen LogP contribution in [0.15, 0.2) is 0 Å². The van der Waals surface area contributed by atoms with E-state index in [0.29, 0.717) is 12.1 Å². The van der Waals surface area contributed by atoms with E-state index in [2.05, 4.69) is 13.8 Å². The molecule has 1 fully saturated rings. The van der Waals surface area contributed by atoms with Gasteiger partial charge in [-0.15, -0.1) is 0 Å².